The average molecular weight is 329 g/mol. The lowest BCUT2D eigenvalue weighted by Crippen LogP contribution is -2.39. The molecule has 0 saturated carbocycles. The minimum absolute atomic E-state index is 0.00391. The van der Waals surface area contributed by atoms with E-state index in [9.17, 15) is 26.7 Å². The Labute approximate surface area is 121 Å². The molecule has 0 radical (unpaired) electrons. The molecule has 1 aromatic heterocycles. The number of halogens is 3. The molecule has 21 heavy (non-hydrogen) atoms. The summed E-state index contributed by atoms with van der Waals surface area (Å²) in [5.74, 6) is 0.150. The topological polar surface area (TPSA) is 70.8 Å². The van der Waals surface area contributed by atoms with E-state index in [1.165, 1.54) is 13.8 Å². The molecule has 5 nitrogen and oxygen atoms in total. The van der Waals surface area contributed by atoms with Crippen LogP contribution in [0.25, 0.3) is 0 Å². The fourth-order valence-corrected chi connectivity index (χ4v) is 4.02. The van der Waals surface area contributed by atoms with Gasteiger partial charge in [0.15, 0.2) is 0 Å². The number of rotatable bonds is 6. The van der Waals surface area contributed by atoms with Crippen LogP contribution in [0.5, 0.6) is 0 Å². The molecule has 0 aliphatic rings. The van der Waals surface area contributed by atoms with Gasteiger partial charge in [-0.1, -0.05) is 6.92 Å². The zero-order chi connectivity index (χ0) is 16.4. The maximum atomic E-state index is 12.6. The first-order chi connectivity index (χ1) is 9.54. The largest absolute Gasteiger partial charge is 0.465 e. The first-order valence-corrected chi connectivity index (χ1v) is 7.75. The fourth-order valence-electron chi connectivity index (χ4n) is 2.09. The second-order valence-corrected chi connectivity index (χ2v) is 6.51. The lowest BCUT2D eigenvalue weighted by molar-refractivity contribution is -0.136. The normalized spacial score (nSPS) is 13.1. The Morgan fingerprint density at radius 1 is 1.24 bits per heavy atom. The van der Waals surface area contributed by atoms with Crippen LogP contribution in [0.4, 0.5) is 13.2 Å². The van der Waals surface area contributed by atoms with E-state index in [1.807, 2.05) is 0 Å². The second kappa shape index (κ2) is 6.37. The number of alkyl halides is 3. The van der Waals surface area contributed by atoms with Gasteiger partial charge in [-0.25, -0.2) is 8.42 Å². The van der Waals surface area contributed by atoms with Gasteiger partial charge in [-0.2, -0.15) is 17.5 Å². The number of sulfonamides is 1. The molecule has 1 rings (SSSR count). The van der Waals surface area contributed by atoms with E-state index < -0.39 is 29.4 Å². The number of aliphatic hydroxyl groups excluding tert-OH is 1. The molecule has 0 saturated heterocycles. The molecule has 9 heteroatoms. The lowest BCUT2D eigenvalue weighted by Gasteiger charge is -2.23. The number of nitrogens with zero attached hydrogens (tertiary/aromatic N) is 1. The van der Waals surface area contributed by atoms with Crippen molar-refractivity contribution in [2.45, 2.75) is 44.9 Å². The molecule has 0 bridgehead atoms. The molecule has 0 unspecified atom stereocenters. The van der Waals surface area contributed by atoms with Crippen LogP contribution < -0.4 is 0 Å². The first kappa shape index (κ1) is 18.0. The third kappa shape index (κ3) is 3.98. The van der Waals surface area contributed by atoms with Gasteiger partial charge in [0.1, 0.15) is 23.0 Å². The third-order valence-electron chi connectivity index (χ3n) is 2.91. The SMILES string of the molecule is CCCN(CC(F)(F)F)S(=O)(=O)c1c(C)oc(C)c1CO. The van der Waals surface area contributed by atoms with Crippen molar-refractivity contribution in [1.82, 2.24) is 4.31 Å². The van der Waals surface area contributed by atoms with Crippen LogP contribution in [0.3, 0.4) is 0 Å². The minimum atomic E-state index is -4.64. The summed E-state index contributed by atoms with van der Waals surface area (Å²) in [7, 11) is -4.39. The molecule has 0 amide bonds. The number of hydrogen-bond acceptors (Lipinski definition) is 4. The van der Waals surface area contributed by atoms with E-state index >= 15 is 0 Å². The first-order valence-electron chi connectivity index (χ1n) is 6.31. The van der Waals surface area contributed by atoms with Crippen LogP contribution in [0, 0.1) is 13.8 Å². The van der Waals surface area contributed by atoms with E-state index in [0.717, 1.165) is 0 Å². The highest BCUT2D eigenvalue weighted by atomic mass is 32.2. The van der Waals surface area contributed by atoms with Gasteiger partial charge in [0.2, 0.25) is 10.0 Å². The van der Waals surface area contributed by atoms with E-state index in [4.69, 9.17) is 4.42 Å². The van der Waals surface area contributed by atoms with Crippen LogP contribution >= 0.6 is 0 Å². The maximum Gasteiger partial charge on any atom is 0.402 e. The molecule has 1 aromatic rings. The van der Waals surface area contributed by atoms with E-state index in [-0.39, 0.29) is 34.9 Å². The highest BCUT2D eigenvalue weighted by molar-refractivity contribution is 7.89. The molecule has 1 heterocycles. The molecule has 0 atom stereocenters. The van der Waals surface area contributed by atoms with Gasteiger partial charge in [0.25, 0.3) is 0 Å². The molecule has 0 aliphatic carbocycles. The van der Waals surface area contributed by atoms with Gasteiger partial charge >= 0.3 is 6.18 Å². The lowest BCUT2D eigenvalue weighted by atomic mass is 10.2. The standard InChI is InChI=1S/C12H18F3NO4S/c1-4-5-16(7-12(13,14)15)21(18,19)11-9(3)20-8(2)10(11)6-17/h17H,4-7H2,1-3H3. The van der Waals surface area contributed by atoms with Crippen molar-refractivity contribution in [3.05, 3.63) is 17.1 Å². The Balaban J connectivity index is 3.36. The summed E-state index contributed by atoms with van der Waals surface area (Å²) in [6.07, 6.45) is -4.41. The highest BCUT2D eigenvalue weighted by Crippen LogP contribution is 2.31. The molecule has 1 N–H and O–H groups in total. The Morgan fingerprint density at radius 3 is 2.24 bits per heavy atom. The third-order valence-corrected chi connectivity index (χ3v) is 4.95. The van der Waals surface area contributed by atoms with Gasteiger partial charge in [-0.3, -0.25) is 0 Å². The van der Waals surface area contributed by atoms with Gasteiger partial charge in [0, 0.05) is 12.1 Å². The van der Waals surface area contributed by atoms with Crippen LogP contribution in [0.15, 0.2) is 9.31 Å². The Hall–Kier alpha value is -1.06. The van der Waals surface area contributed by atoms with Crippen molar-refractivity contribution in [3.63, 3.8) is 0 Å². The van der Waals surface area contributed by atoms with Crippen molar-refractivity contribution >= 4 is 10.0 Å². The Morgan fingerprint density at radius 2 is 1.81 bits per heavy atom. The van der Waals surface area contributed by atoms with Gasteiger partial charge < -0.3 is 9.52 Å². The van der Waals surface area contributed by atoms with Crippen LogP contribution in [-0.4, -0.2) is 37.1 Å². The smallest absolute Gasteiger partial charge is 0.402 e. The predicted octanol–water partition coefficient (Wildman–Crippen LogP) is 2.35. The maximum absolute atomic E-state index is 12.6. The van der Waals surface area contributed by atoms with Gasteiger partial charge in [-0.15, -0.1) is 0 Å². The zero-order valence-corrected chi connectivity index (χ0v) is 12.8. The number of furan rings is 1. The molecule has 0 fully saturated rings. The monoisotopic (exact) mass is 329 g/mol. The van der Waals surface area contributed by atoms with Gasteiger partial charge in [-0.05, 0) is 20.3 Å². The molecule has 122 valence electrons. The Bertz CT molecular complexity index is 592. The van der Waals surface area contributed by atoms with Crippen LogP contribution in [0.1, 0.15) is 30.4 Å². The van der Waals surface area contributed by atoms with Crippen molar-refractivity contribution in [1.29, 1.82) is 0 Å². The van der Waals surface area contributed by atoms with E-state index in [1.54, 1.807) is 6.92 Å². The van der Waals surface area contributed by atoms with Gasteiger partial charge in [0.05, 0.1) is 6.61 Å². The molecule has 0 spiro atoms. The summed E-state index contributed by atoms with van der Waals surface area (Å²) in [5.41, 5.74) is -0.00391. The summed E-state index contributed by atoms with van der Waals surface area (Å²) in [6, 6.07) is 0. The number of hydrogen-bond donors (Lipinski definition) is 1. The second-order valence-electron chi connectivity index (χ2n) is 4.63. The molecule has 0 aliphatic heterocycles. The number of aliphatic hydroxyl groups is 1. The summed E-state index contributed by atoms with van der Waals surface area (Å²) >= 11 is 0. The zero-order valence-electron chi connectivity index (χ0n) is 12.0. The van der Waals surface area contributed by atoms with E-state index in [0.29, 0.717) is 4.31 Å². The van der Waals surface area contributed by atoms with E-state index in [2.05, 4.69) is 0 Å². The van der Waals surface area contributed by atoms with Crippen LogP contribution in [-0.2, 0) is 16.6 Å². The summed E-state index contributed by atoms with van der Waals surface area (Å²) < 4.78 is 68.2. The molecule has 0 aromatic carbocycles. The quantitative estimate of drug-likeness (QED) is 0.870. The van der Waals surface area contributed by atoms with Crippen molar-refractivity contribution in [2.24, 2.45) is 0 Å². The van der Waals surface area contributed by atoms with Crippen molar-refractivity contribution < 1.29 is 31.1 Å². The molecular weight excluding hydrogens is 311 g/mol. The summed E-state index contributed by atoms with van der Waals surface area (Å²) in [4.78, 5) is -0.375. The van der Waals surface area contributed by atoms with Crippen molar-refractivity contribution in [2.75, 3.05) is 13.1 Å². The number of aryl methyl sites for hydroxylation is 2. The minimum Gasteiger partial charge on any atom is -0.465 e. The highest BCUT2D eigenvalue weighted by Gasteiger charge is 2.39. The Kier molecular flexibility index (Phi) is 5.46. The molecular formula is C12H18F3NO4S. The predicted molar refractivity (Wildman–Crippen MR) is 69.2 cm³/mol. The fraction of sp³-hybridized carbons (Fsp3) is 0.667. The van der Waals surface area contributed by atoms with Crippen LogP contribution in [0.2, 0.25) is 0 Å². The summed E-state index contributed by atoms with van der Waals surface area (Å²) in [5, 5.41) is 9.25. The summed E-state index contributed by atoms with van der Waals surface area (Å²) in [6.45, 7) is 1.92. The average Bonchev–Trinajstić information content (AvgIpc) is 2.61. The van der Waals surface area contributed by atoms with Crippen molar-refractivity contribution in [3.8, 4) is 0 Å².